The van der Waals surface area contributed by atoms with Crippen LogP contribution in [-0.2, 0) is 9.47 Å². The van der Waals surface area contributed by atoms with E-state index in [4.69, 9.17) is 9.47 Å². The van der Waals surface area contributed by atoms with E-state index in [1.165, 1.54) is 24.3 Å². The summed E-state index contributed by atoms with van der Waals surface area (Å²) in [4.78, 5) is 0. The van der Waals surface area contributed by atoms with Gasteiger partial charge in [0.1, 0.15) is 11.9 Å². The molecule has 0 radical (unpaired) electrons. The molecule has 1 spiro atoms. The monoisotopic (exact) mass is 282 g/mol. The number of aliphatic hydroxyl groups excluding tert-OH is 1. The third-order valence-electron chi connectivity index (χ3n) is 4.39. The van der Waals surface area contributed by atoms with Crippen LogP contribution in [0.25, 0.3) is 0 Å². The number of rotatable bonds is 2. The topological polar surface area (TPSA) is 58.9 Å². The predicted octanol–water partition coefficient (Wildman–Crippen LogP) is 1.91. The van der Waals surface area contributed by atoms with E-state index in [0.29, 0.717) is 44.5 Å². The van der Waals surface area contributed by atoms with Gasteiger partial charge in [-0.05, 0) is 30.5 Å². The molecule has 20 heavy (non-hydrogen) atoms. The van der Waals surface area contributed by atoms with Crippen LogP contribution in [0.1, 0.15) is 37.4 Å². The quantitative estimate of drug-likeness (QED) is 0.870. The highest BCUT2D eigenvalue weighted by atomic mass is 19.1. The number of aliphatic hydroxyl groups is 2. The van der Waals surface area contributed by atoms with Gasteiger partial charge >= 0.3 is 0 Å². The van der Waals surface area contributed by atoms with Crippen molar-refractivity contribution in [3.8, 4) is 0 Å². The molecule has 1 aliphatic carbocycles. The minimum Gasteiger partial charge on any atom is -0.387 e. The van der Waals surface area contributed by atoms with Crippen molar-refractivity contribution < 1.29 is 24.1 Å². The van der Waals surface area contributed by atoms with Gasteiger partial charge < -0.3 is 19.7 Å². The number of benzene rings is 1. The third kappa shape index (κ3) is 2.46. The number of ether oxygens (including phenoxy) is 2. The molecule has 4 nitrogen and oxygen atoms in total. The van der Waals surface area contributed by atoms with Gasteiger partial charge in [0.2, 0.25) is 0 Å². The van der Waals surface area contributed by atoms with Crippen LogP contribution in [0, 0.1) is 5.82 Å². The molecular weight excluding hydrogens is 263 g/mol. The fourth-order valence-electron chi connectivity index (χ4n) is 3.08. The van der Waals surface area contributed by atoms with Crippen molar-refractivity contribution in [2.75, 3.05) is 13.2 Å². The zero-order chi connectivity index (χ0) is 14.2. The molecule has 110 valence electrons. The van der Waals surface area contributed by atoms with Gasteiger partial charge in [0, 0.05) is 12.8 Å². The zero-order valence-corrected chi connectivity index (χ0v) is 11.2. The minimum atomic E-state index is -1.21. The molecular formula is C15H19FO4. The normalized spacial score (nSPS) is 25.8. The summed E-state index contributed by atoms with van der Waals surface area (Å²) in [6.45, 7) is 1.16. The average molecular weight is 282 g/mol. The fraction of sp³-hybridized carbons (Fsp3) is 0.600. The van der Waals surface area contributed by atoms with Gasteiger partial charge in [0.05, 0.1) is 18.8 Å². The molecule has 2 fully saturated rings. The Morgan fingerprint density at radius 2 is 1.55 bits per heavy atom. The maximum atomic E-state index is 12.9. The van der Waals surface area contributed by atoms with Crippen molar-refractivity contribution >= 4 is 0 Å². The molecule has 0 amide bonds. The van der Waals surface area contributed by atoms with Crippen LogP contribution in [0.4, 0.5) is 4.39 Å². The molecule has 5 heteroatoms. The lowest BCUT2D eigenvalue weighted by Crippen LogP contribution is -2.46. The summed E-state index contributed by atoms with van der Waals surface area (Å²) in [5.74, 6) is -0.933. The smallest absolute Gasteiger partial charge is 0.168 e. The first kappa shape index (κ1) is 13.9. The van der Waals surface area contributed by atoms with Crippen molar-refractivity contribution in [2.24, 2.45) is 0 Å². The number of hydrogen-bond donors (Lipinski definition) is 2. The van der Waals surface area contributed by atoms with E-state index in [0.717, 1.165) is 0 Å². The zero-order valence-electron chi connectivity index (χ0n) is 11.2. The van der Waals surface area contributed by atoms with Gasteiger partial charge in [-0.25, -0.2) is 4.39 Å². The van der Waals surface area contributed by atoms with Gasteiger partial charge in [-0.3, -0.25) is 0 Å². The first-order valence-corrected chi connectivity index (χ1v) is 6.97. The van der Waals surface area contributed by atoms with Gasteiger partial charge in [-0.15, -0.1) is 0 Å². The van der Waals surface area contributed by atoms with E-state index in [1.807, 2.05) is 0 Å². The maximum Gasteiger partial charge on any atom is 0.168 e. The first-order chi connectivity index (χ1) is 9.53. The fourth-order valence-corrected chi connectivity index (χ4v) is 3.08. The van der Waals surface area contributed by atoms with Gasteiger partial charge in [-0.2, -0.15) is 0 Å². The third-order valence-corrected chi connectivity index (χ3v) is 4.39. The molecule has 2 N–H and O–H groups in total. The van der Waals surface area contributed by atoms with E-state index >= 15 is 0 Å². The lowest BCUT2D eigenvalue weighted by molar-refractivity contribution is -0.217. The van der Waals surface area contributed by atoms with Gasteiger partial charge in [-0.1, -0.05) is 12.1 Å². The van der Waals surface area contributed by atoms with Crippen molar-refractivity contribution in [3.63, 3.8) is 0 Å². The molecule has 1 saturated carbocycles. The molecule has 1 aliphatic heterocycles. The van der Waals surface area contributed by atoms with E-state index in [-0.39, 0.29) is 5.82 Å². The summed E-state index contributed by atoms with van der Waals surface area (Å²) in [6, 6.07) is 5.58. The van der Waals surface area contributed by atoms with E-state index in [9.17, 15) is 14.6 Å². The Morgan fingerprint density at radius 1 is 1.00 bits per heavy atom. The Hall–Kier alpha value is -1.01. The highest BCUT2D eigenvalue weighted by molar-refractivity contribution is 5.21. The molecule has 1 atom stereocenters. The summed E-state index contributed by atoms with van der Waals surface area (Å²) in [5, 5.41) is 21.0. The lowest BCUT2D eigenvalue weighted by Gasteiger charge is -2.42. The van der Waals surface area contributed by atoms with E-state index in [2.05, 4.69) is 0 Å². The van der Waals surface area contributed by atoms with Crippen LogP contribution in [0.5, 0.6) is 0 Å². The summed E-state index contributed by atoms with van der Waals surface area (Å²) >= 11 is 0. The number of hydrogen-bond acceptors (Lipinski definition) is 4. The molecule has 1 saturated heterocycles. The van der Waals surface area contributed by atoms with E-state index in [1.54, 1.807) is 0 Å². The Bertz CT molecular complexity index is 457. The van der Waals surface area contributed by atoms with Crippen LogP contribution in [0.2, 0.25) is 0 Å². The van der Waals surface area contributed by atoms with Crippen molar-refractivity contribution in [3.05, 3.63) is 35.6 Å². The largest absolute Gasteiger partial charge is 0.387 e. The van der Waals surface area contributed by atoms with E-state index < -0.39 is 17.5 Å². The maximum absolute atomic E-state index is 12.9. The van der Waals surface area contributed by atoms with Gasteiger partial charge in [0.25, 0.3) is 0 Å². The highest BCUT2D eigenvalue weighted by Crippen LogP contribution is 2.45. The van der Waals surface area contributed by atoms with Crippen molar-refractivity contribution in [2.45, 2.75) is 43.2 Å². The Kier molecular flexibility index (Phi) is 3.54. The second-order valence-electron chi connectivity index (χ2n) is 5.67. The first-order valence-electron chi connectivity index (χ1n) is 6.97. The summed E-state index contributed by atoms with van der Waals surface area (Å²) in [7, 11) is 0. The molecule has 3 rings (SSSR count). The van der Waals surface area contributed by atoms with Crippen LogP contribution >= 0.6 is 0 Å². The standard InChI is InChI=1S/C15H19FO4/c16-12-3-1-11(2-4-12)13(17)14(18)5-7-15(8-6-14)19-9-10-20-15/h1-4,13,17-18H,5-10H2. The second-order valence-corrected chi connectivity index (χ2v) is 5.67. The Morgan fingerprint density at radius 3 is 2.10 bits per heavy atom. The highest BCUT2D eigenvalue weighted by Gasteiger charge is 2.48. The summed E-state index contributed by atoms with van der Waals surface area (Å²) in [5.41, 5.74) is -0.684. The molecule has 1 aromatic rings. The van der Waals surface area contributed by atoms with Crippen LogP contribution in [0.15, 0.2) is 24.3 Å². The average Bonchev–Trinajstić information content (AvgIpc) is 2.92. The molecule has 0 aromatic heterocycles. The molecule has 1 heterocycles. The SMILES string of the molecule is OC(c1ccc(F)cc1)C1(O)CCC2(CC1)OCCO2. The van der Waals surface area contributed by atoms with Crippen LogP contribution < -0.4 is 0 Å². The predicted molar refractivity (Wildman–Crippen MR) is 69.4 cm³/mol. The molecule has 1 unspecified atom stereocenters. The molecule has 1 aromatic carbocycles. The molecule has 0 bridgehead atoms. The Balaban J connectivity index is 1.71. The summed E-state index contributed by atoms with van der Waals surface area (Å²) < 4.78 is 24.1. The van der Waals surface area contributed by atoms with Crippen molar-refractivity contribution in [1.82, 2.24) is 0 Å². The van der Waals surface area contributed by atoms with Crippen LogP contribution in [-0.4, -0.2) is 34.8 Å². The second kappa shape index (κ2) is 5.07. The number of halogens is 1. The molecule has 2 aliphatic rings. The lowest BCUT2D eigenvalue weighted by atomic mass is 9.76. The Labute approximate surface area is 117 Å². The summed E-state index contributed by atoms with van der Waals surface area (Å²) in [6.07, 6.45) is 0.877. The van der Waals surface area contributed by atoms with Crippen LogP contribution in [0.3, 0.4) is 0 Å². The van der Waals surface area contributed by atoms with Gasteiger partial charge in [0.15, 0.2) is 5.79 Å². The minimum absolute atomic E-state index is 0.358. The van der Waals surface area contributed by atoms with Crippen molar-refractivity contribution in [1.29, 1.82) is 0 Å².